The molecule has 1 aromatic rings. The van der Waals surface area contributed by atoms with Gasteiger partial charge in [-0.15, -0.1) is 11.6 Å². The largest absolute Gasteiger partial charge is 0.309 e. The molecule has 5 heteroatoms. The summed E-state index contributed by atoms with van der Waals surface area (Å²) in [5.74, 6) is 1.77. The van der Waals surface area contributed by atoms with Crippen LogP contribution < -0.4 is 5.32 Å². The van der Waals surface area contributed by atoms with E-state index in [1.807, 2.05) is 4.68 Å². The molecule has 1 fully saturated rings. The van der Waals surface area contributed by atoms with Crippen molar-refractivity contribution in [3.8, 4) is 0 Å². The number of halogens is 1. The summed E-state index contributed by atoms with van der Waals surface area (Å²) < 4.78 is 1.97. The lowest BCUT2D eigenvalue weighted by Gasteiger charge is -2.26. The summed E-state index contributed by atoms with van der Waals surface area (Å²) in [5, 5.41) is 7.75. The number of nitrogens with zero attached hydrogens (tertiary/aromatic N) is 3. The van der Waals surface area contributed by atoms with E-state index in [1.54, 1.807) is 6.33 Å². The number of aromatic nitrogens is 3. The molecule has 2 rings (SSSR count). The molecule has 0 aromatic carbocycles. The monoisotopic (exact) mass is 270 g/mol. The van der Waals surface area contributed by atoms with Crippen molar-refractivity contribution in [3.05, 3.63) is 12.2 Å². The maximum absolute atomic E-state index is 6.13. The van der Waals surface area contributed by atoms with Crippen molar-refractivity contribution in [2.24, 2.45) is 5.41 Å². The van der Waals surface area contributed by atoms with Crippen molar-refractivity contribution >= 4 is 11.6 Å². The lowest BCUT2D eigenvalue weighted by molar-refractivity contribution is 0.316. The smallest absolute Gasteiger partial charge is 0.141 e. The molecule has 0 aliphatic heterocycles. The topological polar surface area (TPSA) is 42.7 Å². The highest BCUT2D eigenvalue weighted by atomic mass is 35.5. The SMILES string of the molecule is CC(C)n1ncnc1CNCC1(CCl)CCCC1. The molecule has 1 saturated carbocycles. The Kier molecular flexibility index (Phi) is 4.62. The molecule has 0 amide bonds. The van der Waals surface area contributed by atoms with Crippen LogP contribution in [0.5, 0.6) is 0 Å². The average molecular weight is 271 g/mol. The second-order valence-electron chi connectivity index (χ2n) is 5.66. The van der Waals surface area contributed by atoms with Gasteiger partial charge in [0.05, 0.1) is 6.54 Å². The van der Waals surface area contributed by atoms with Gasteiger partial charge in [0.25, 0.3) is 0 Å². The van der Waals surface area contributed by atoms with E-state index in [1.165, 1.54) is 25.7 Å². The summed E-state index contributed by atoms with van der Waals surface area (Å²) in [4.78, 5) is 4.31. The van der Waals surface area contributed by atoms with Crippen LogP contribution in [0.4, 0.5) is 0 Å². The third-order valence-electron chi connectivity index (χ3n) is 3.87. The predicted octanol–water partition coefficient (Wildman–Crippen LogP) is 2.75. The molecule has 4 nitrogen and oxygen atoms in total. The van der Waals surface area contributed by atoms with Crippen LogP contribution in [-0.2, 0) is 6.54 Å². The minimum Gasteiger partial charge on any atom is -0.309 e. The first-order valence-electron chi connectivity index (χ1n) is 6.82. The van der Waals surface area contributed by atoms with Gasteiger partial charge in [-0.2, -0.15) is 5.10 Å². The van der Waals surface area contributed by atoms with Gasteiger partial charge in [0.2, 0.25) is 0 Å². The minimum atomic E-state index is 0.310. The van der Waals surface area contributed by atoms with Gasteiger partial charge in [0, 0.05) is 18.5 Å². The summed E-state index contributed by atoms with van der Waals surface area (Å²) >= 11 is 6.13. The summed E-state index contributed by atoms with van der Waals surface area (Å²) in [7, 11) is 0. The van der Waals surface area contributed by atoms with Gasteiger partial charge in [-0.05, 0) is 32.1 Å². The Morgan fingerprint density at radius 3 is 2.78 bits per heavy atom. The Morgan fingerprint density at radius 2 is 2.17 bits per heavy atom. The molecule has 0 unspecified atom stereocenters. The highest BCUT2D eigenvalue weighted by Crippen LogP contribution is 2.38. The first kappa shape index (κ1) is 13.8. The first-order chi connectivity index (χ1) is 8.67. The van der Waals surface area contributed by atoms with Crippen LogP contribution in [0.15, 0.2) is 6.33 Å². The van der Waals surface area contributed by atoms with Crippen LogP contribution in [0.1, 0.15) is 51.4 Å². The second-order valence-corrected chi connectivity index (χ2v) is 5.93. The molecule has 0 atom stereocenters. The maximum atomic E-state index is 6.13. The van der Waals surface area contributed by atoms with Gasteiger partial charge in [-0.3, -0.25) is 0 Å². The fourth-order valence-corrected chi connectivity index (χ4v) is 3.12. The summed E-state index contributed by atoms with van der Waals surface area (Å²) in [5.41, 5.74) is 0.310. The number of hydrogen-bond acceptors (Lipinski definition) is 3. The normalized spacial score (nSPS) is 18.7. The van der Waals surface area contributed by atoms with E-state index >= 15 is 0 Å². The van der Waals surface area contributed by atoms with Gasteiger partial charge in [0.15, 0.2) is 0 Å². The third kappa shape index (κ3) is 3.04. The molecular weight excluding hydrogens is 248 g/mol. The van der Waals surface area contributed by atoms with E-state index < -0.39 is 0 Å². The zero-order valence-electron chi connectivity index (χ0n) is 11.3. The molecule has 1 N–H and O–H groups in total. The Hall–Kier alpha value is -0.610. The molecule has 0 spiro atoms. The molecule has 1 aromatic heterocycles. The Bertz CT molecular complexity index is 369. The Morgan fingerprint density at radius 1 is 1.44 bits per heavy atom. The average Bonchev–Trinajstić information content (AvgIpc) is 2.98. The van der Waals surface area contributed by atoms with Gasteiger partial charge < -0.3 is 5.32 Å². The summed E-state index contributed by atoms with van der Waals surface area (Å²) in [6.07, 6.45) is 6.76. The molecular formula is C13H23ClN4. The highest BCUT2D eigenvalue weighted by Gasteiger charge is 2.32. The number of nitrogens with one attached hydrogen (secondary N) is 1. The van der Waals surface area contributed by atoms with Gasteiger partial charge in [0.1, 0.15) is 12.2 Å². The van der Waals surface area contributed by atoms with Crippen LogP contribution in [0.25, 0.3) is 0 Å². The van der Waals surface area contributed by atoms with Crippen molar-refractivity contribution in [2.75, 3.05) is 12.4 Å². The molecule has 18 heavy (non-hydrogen) atoms. The lowest BCUT2D eigenvalue weighted by atomic mass is 9.88. The van der Waals surface area contributed by atoms with Crippen LogP contribution in [0.3, 0.4) is 0 Å². The maximum Gasteiger partial charge on any atom is 0.141 e. The van der Waals surface area contributed by atoms with Crippen molar-refractivity contribution in [1.29, 1.82) is 0 Å². The lowest BCUT2D eigenvalue weighted by Crippen LogP contribution is -2.34. The molecule has 102 valence electrons. The van der Waals surface area contributed by atoms with Crippen LogP contribution in [0.2, 0.25) is 0 Å². The molecule has 0 radical (unpaired) electrons. The van der Waals surface area contributed by atoms with E-state index in [9.17, 15) is 0 Å². The zero-order valence-corrected chi connectivity index (χ0v) is 12.1. The quantitative estimate of drug-likeness (QED) is 0.809. The van der Waals surface area contributed by atoms with E-state index in [0.717, 1.165) is 24.8 Å². The van der Waals surface area contributed by atoms with E-state index in [-0.39, 0.29) is 0 Å². The fourth-order valence-electron chi connectivity index (χ4n) is 2.75. The van der Waals surface area contributed by atoms with E-state index in [0.29, 0.717) is 11.5 Å². The fraction of sp³-hybridized carbons (Fsp3) is 0.846. The number of alkyl halides is 1. The first-order valence-corrected chi connectivity index (χ1v) is 7.35. The number of rotatable bonds is 6. The number of hydrogen-bond donors (Lipinski definition) is 1. The molecule has 1 aliphatic rings. The standard InChI is InChI=1S/C13H23ClN4/c1-11(2)18-12(16-10-17-18)7-15-9-13(8-14)5-3-4-6-13/h10-11,15H,3-9H2,1-2H3. The molecule has 0 saturated heterocycles. The Balaban J connectivity index is 1.86. The second kappa shape index (κ2) is 6.02. The zero-order chi connectivity index (χ0) is 13.0. The Labute approximate surface area is 114 Å². The molecule has 1 heterocycles. The van der Waals surface area contributed by atoms with Crippen LogP contribution in [0, 0.1) is 5.41 Å². The van der Waals surface area contributed by atoms with Gasteiger partial charge in [-0.1, -0.05) is 12.8 Å². The van der Waals surface area contributed by atoms with Crippen molar-refractivity contribution in [2.45, 2.75) is 52.1 Å². The summed E-state index contributed by atoms with van der Waals surface area (Å²) in [6, 6.07) is 0.359. The van der Waals surface area contributed by atoms with E-state index in [4.69, 9.17) is 11.6 Å². The van der Waals surface area contributed by atoms with Crippen LogP contribution in [-0.4, -0.2) is 27.2 Å². The van der Waals surface area contributed by atoms with Crippen molar-refractivity contribution in [3.63, 3.8) is 0 Å². The highest BCUT2D eigenvalue weighted by molar-refractivity contribution is 6.18. The third-order valence-corrected chi connectivity index (χ3v) is 4.43. The predicted molar refractivity (Wildman–Crippen MR) is 73.7 cm³/mol. The van der Waals surface area contributed by atoms with Crippen molar-refractivity contribution in [1.82, 2.24) is 20.1 Å². The van der Waals surface area contributed by atoms with Crippen molar-refractivity contribution < 1.29 is 0 Å². The van der Waals surface area contributed by atoms with Crippen LogP contribution >= 0.6 is 11.6 Å². The minimum absolute atomic E-state index is 0.310. The van der Waals surface area contributed by atoms with E-state index in [2.05, 4.69) is 29.2 Å². The molecule has 0 bridgehead atoms. The van der Waals surface area contributed by atoms with Gasteiger partial charge in [-0.25, -0.2) is 9.67 Å². The van der Waals surface area contributed by atoms with Gasteiger partial charge >= 0.3 is 0 Å². The molecule has 1 aliphatic carbocycles. The summed E-state index contributed by atoms with van der Waals surface area (Å²) in [6.45, 7) is 6.00.